The molecule has 0 aliphatic rings. The monoisotopic (exact) mass is 262 g/mol. The van der Waals surface area contributed by atoms with Crippen molar-refractivity contribution in [3.05, 3.63) is 0 Å². The average Bonchev–Trinajstić information content (AvgIpc) is 2.03. The van der Waals surface area contributed by atoms with Gasteiger partial charge < -0.3 is 4.74 Å². The van der Waals surface area contributed by atoms with Crippen LogP contribution in [0, 0.1) is 0 Å². The molecule has 0 heterocycles. The van der Waals surface area contributed by atoms with Crippen LogP contribution in [0.25, 0.3) is 0 Å². The summed E-state index contributed by atoms with van der Waals surface area (Å²) >= 11 is -1.72. The molecule has 0 spiro atoms. The number of ether oxygens (including phenoxy) is 1. The second kappa shape index (κ2) is 15.8. The molecule has 0 saturated heterocycles. The number of hydrogen-bond acceptors (Lipinski definition) is 1. The van der Waals surface area contributed by atoms with E-state index < -0.39 is 11.4 Å². The van der Waals surface area contributed by atoms with E-state index in [0.717, 1.165) is 13.2 Å². The maximum atomic E-state index is 5.31. The largest absolute Gasteiger partial charge is 0.643 e. The Kier molecular flexibility index (Phi) is 20.4. The molecule has 0 bridgehead atoms. The molecule has 0 unspecified atom stereocenters. The second-order valence-corrected chi connectivity index (χ2v) is 9.00. The highest BCUT2D eigenvalue weighted by molar-refractivity contribution is 7.54. The Labute approximate surface area is 98.7 Å². The quantitative estimate of drug-likeness (QED) is 0.513. The van der Waals surface area contributed by atoms with Crippen LogP contribution in [-0.2, 0) is 4.74 Å². The molecule has 0 fully saturated rings. The second-order valence-electron chi connectivity index (χ2n) is 2.57. The summed E-state index contributed by atoms with van der Waals surface area (Å²) in [4.78, 5) is 0. The van der Waals surface area contributed by atoms with Crippen LogP contribution in [0.1, 0.15) is 39.5 Å². The fourth-order valence-corrected chi connectivity index (χ4v) is 0.595. The van der Waals surface area contributed by atoms with Crippen LogP contribution in [0.5, 0.6) is 0 Å². The van der Waals surface area contributed by atoms with Crippen molar-refractivity contribution in [3.63, 3.8) is 0 Å². The van der Waals surface area contributed by atoms with Gasteiger partial charge in [0.1, 0.15) is 0 Å². The Bertz CT molecular complexity index is 75.0. The summed E-state index contributed by atoms with van der Waals surface area (Å²) in [6, 6.07) is 0. The molecular weight excluding hydrogens is 245 g/mol. The third-order valence-corrected chi connectivity index (χ3v) is 1.28. The van der Waals surface area contributed by atoms with Gasteiger partial charge in [-0.1, -0.05) is 26.7 Å². The smallest absolute Gasteiger partial charge is 0.381 e. The van der Waals surface area contributed by atoms with Crippen molar-refractivity contribution in [1.82, 2.24) is 0 Å². The van der Waals surface area contributed by atoms with Gasteiger partial charge in [0.25, 0.3) is 0 Å². The van der Waals surface area contributed by atoms with Crippen molar-refractivity contribution in [3.8, 4) is 0 Å². The maximum absolute atomic E-state index is 5.31. The highest BCUT2D eigenvalue weighted by Crippen LogP contribution is 1.97. The third kappa shape index (κ3) is 31.8. The molecule has 13 heavy (non-hydrogen) atoms. The lowest BCUT2D eigenvalue weighted by Crippen LogP contribution is -1.95. The summed E-state index contributed by atoms with van der Waals surface area (Å²) in [6.07, 6.45) is 4.91. The van der Waals surface area contributed by atoms with Crippen molar-refractivity contribution in [2.24, 2.45) is 0 Å². The van der Waals surface area contributed by atoms with E-state index in [4.69, 9.17) is 34.9 Å². The lowest BCUT2D eigenvalue weighted by atomic mass is 10.3. The summed E-state index contributed by atoms with van der Waals surface area (Å²) in [5.41, 5.74) is 0. The van der Waals surface area contributed by atoms with Crippen molar-refractivity contribution in [2.75, 3.05) is 13.2 Å². The molecule has 0 radical (unpaired) electrons. The molecule has 0 rings (SSSR count). The van der Waals surface area contributed by atoms with Crippen LogP contribution >= 0.6 is 30.1 Å². The van der Waals surface area contributed by atoms with Gasteiger partial charge in [0.05, 0.1) is 0 Å². The van der Waals surface area contributed by atoms with Crippen molar-refractivity contribution >= 4 is 41.5 Å². The summed E-state index contributed by atoms with van der Waals surface area (Å²) < 4.78 is 5.31. The van der Waals surface area contributed by atoms with Crippen LogP contribution in [0.4, 0.5) is 0 Å². The van der Waals surface area contributed by atoms with E-state index in [2.05, 4.69) is 13.8 Å². The van der Waals surface area contributed by atoms with Crippen LogP contribution in [0.3, 0.4) is 0 Å². The zero-order chi connectivity index (χ0) is 10.5. The van der Waals surface area contributed by atoms with Gasteiger partial charge in [-0.3, -0.25) is 0 Å². The molecule has 0 aromatic carbocycles. The number of halogens is 3. The van der Waals surface area contributed by atoms with Gasteiger partial charge in [0.15, 0.2) is 0 Å². The number of unbranched alkanes of at least 4 members (excludes halogenated alkanes) is 2. The normalized spacial score (nSPS) is 9.00. The van der Waals surface area contributed by atoms with Gasteiger partial charge in [-0.15, -0.1) is 0 Å². The van der Waals surface area contributed by atoms with E-state index >= 15 is 0 Å². The Morgan fingerprint density at radius 2 is 1.23 bits per heavy atom. The van der Waals surface area contributed by atoms with Gasteiger partial charge >= 0.3 is 11.4 Å². The van der Waals surface area contributed by atoms with Gasteiger partial charge in [0.2, 0.25) is 0 Å². The van der Waals surface area contributed by atoms with Crippen LogP contribution < -0.4 is 0 Å². The summed E-state index contributed by atoms with van der Waals surface area (Å²) in [6.45, 7) is 6.28. The van der Waals surface area contributed by atoms with Gasteiger partial charge in [-0.25, -0.2) is 30.1 Å². The minimum atomic E-state index is -1.72. The third-order valence-electron chi connectivity index (χ3n) is 1.28. The summed E-state index contributed by atoms with van der Waals surface area (Å²) in [7, 11) is 14.8. The summed E-state index contributed by atoms with van der Waals surface area (Å²) in [5, 5.41) is 0. The highest BCUT2D eigenvalue weighted by atomic mass is 35.8. The van der Waals surface area contributed by atoms with Gasteiger partial charge in [-0.2, -0.15) is 0 Å². The molecule has 0 atom stereocenters. The SMILES string of the molecule is CCCCOCCCC.[Cl][Al]([Cl])[Cl]. The fraction of sp³-hybridized carbons (Fsp3) is 1.00. The zero-order valence-corrected chi connectivity index (χ0v) is 11.8. The van der Waals surface area contributed by atoms with Crippen molar-refractivity contribution in [2.45, 2.75) is 39.5 Å². The van der Waals surface area contributed by atoms with E-state index in [0.29, 0.717) is 0 Å². The lowest BCUT2D eigenvalue weighted by Gasteiger charge is -1.99. The van der Waals surface area contributed by atoms with Gasteiger partial charge in [-0.05, 0) is 12.8 Å². The number of hydrogen-bond donors (Lipinski definition) is 0. The summed E-state index contributed by atoms with van der Waals surface area (Å²) in [5.74, 6) is 0. The first kappa shape index (κ1) is 16.8. The van der Waals surface area contributed by atoms with Crippen LogP contribution in [-0.4, -0.2) is 24.6 Å². The minimum absolute atomic E-state index is 0.955. The minimum Gasteiger partial charge on any atom is -0.381 e. The lowest BCUT2D eigenvalue weighted by molar-refractivity contribution is 0.128. The molecular formula is C8H18AlCl3O. The van der Waals surface area contributed by atoms with E-state index in [1.807, 2.05) is 0 Å². The topological polar surface area (TPSA) is 9.23 Å². The highest BCUT2D eigenvalue weighted by Gasteiger charge is 2.00. The van der Waals surface area contributed by atoms with Gasteiger partial charge in [0, 0.05) is 13.2 Å². The van der Waals surface area contributed by atoms with E-state index in [1.165, 1.54) is 25.7 Å². The zero-order valence-electron chi connectivity index (χ0n) is 8.36. The molecule has 0 amide bonds. The first-order chi connectivity index (χ1) is 6.15. The molecule has 0 aromatic rings. The van der Waals surface area contributed by atoms with Crippen LogP contribution in [0.2, 0.25) is 0 Å². The van der Waals surface area contributed by atoms with E-state index in [1.54, 1.807) is 0 Å². The number of rotatable bonds is 6. The van der Waals surface area contributed by atoms with E-state index in [-0.39, 0.29) is 0 Å². The molecule has 1 nitrogen and oxygen atoms in total. The predicted molar refractivity (Wildman–Crippen MR) is 63.9 cm³/mol. The maximum Gasteiger partial charge on any atom is 0.643 e. The fourth-order valence-electron chi connectivity index (χ4n) is 0.595. The first-order valence-corrected chi connectivity index (χ1v) is 9.88. The molecule has 0 N–H and O–H groups in total. The molecule has 0 aliphatic heterocycles. The van der Waals surface area contributed by atoms with Crippen LogP contribution in [0.15, 0.2) is 0 Å². The Morgan fingerprint density at radius 1 is 0.923 bits per heavy atom. The predicted octanol–water partition coefficient (Wildman–Crippen LogP) is 4.29. The average molecular weight is 264 g/mol. The standard InChI is InChI=1S/C8H18O.Al.3ClH/c1-3-5-7-9-8-6-4-2;;;;/h3-8H2,1-2H3;;3*1H/q;+3;;;/p-3. The van der Waals surface area contributed by atoms with E-state index in [9.17, 15) is 0 Å². The molecule has 0 aliphatic carbocycles. The molecule has 80 valence electrons. The molecule has 0 saturated carbocycles. The van der Waals surface area contributed by atoms with Crippen molar-refractivity contribution in [1.29, 1.82) is 0 Å². The van der Waals surface area contributed by atoms with Crippen molar-refractivity contribution < 1.29 is 4.74 Å². The first-order valence-electron chi connectivity index (χ1n) is 4.65. The Balaban J connectivity index is 0. The Hall–Kier alpha value is 1.36. The Morgan fingerprint density at radius 3 is 1.46 bits per heavy atom. The molecule has 5 heteroatoms. The molecule has 0 aromatic heterocycles.